The number of nitrogens with two attached hydrogens (primary N) is 1. The lowest BCUT2D eigenvalue weighted by atomic mass is 9.88. The Labute approximate surface area is 135 Å². The van der Waals surface area contributed by atoms with E-state index in [1.807, 2.05) is 13.0 Å². The minimum Gasteiger partial charge on any atom is -0.444 e. The number of hydrogen-bond donors (Lipinski definition) is 3. The predicted molar refractivity (Wildman–Crippen MR) is 87.8 cm³/mol. The summed E-state index contributed by atoms with van der Waals surface area (Å²) in [5.74, 6) is -0.170. The average Bonchev–Trinajstić information content (AvgIpc) is 2.34. The Bertz CT molecular complexity index is 664. The van der Waals surface area contributed by atoms with Crippen molar-refractivity contribution in [2.45, 2.75) is 45.3 Å². The largest absolute Gasteiger partial charge is 0.444 e. The molecule has 0 fully saturated rings. The zero-order valence-electron chi connectivity index (χ0n) is 13.8. The van der Waals surface area contributed by atoms with E-state index in [9.17, 15) is 9.59 Å². The van der Waals surface area contributed by atoms with Gasteiger partial charge in [-0.2, -0.15) is 0 Å². The lowest BCUT2D eigenvalue weighted by Gasteiger charge is -2.31. The van der Waals surface area contributed by atoms with Gasteiger partial charge in [0, 0.05) is 5.69 Å². The number of ether oxygens (including phenoxy) is 1. The number of alkyl carbamates (subject to hydrolysis) is 1. The summed E-state index contributed by atoms with van der Waals surface area (Å²) in [7, 11) is 0. The molecule has 1 atom stereocenters. The van der Waals surface area contributed by atoms with Crippen LogP contribution in [0.15, 0.2) is 29.3 Å². The summed E-state index contributed by atoms with van der Waals surface area (Å²) >= 11 is 0. The first kappa shape index (κ1) is 16.8. The van der Waals surface area contributed by atoms with E-state index in [4.69, 9.17) is 10.5 Å². The molecule has 0 radical (unpaired) electrons. The highest BCUT2D eigenvalue weighted by Gasteiger charge is 2.35. The number of guanidine groups is 1. The van der Waals surface area contributed by atoms with Crippen LogP contribution >= 0.6 is 0 Å². The molecule has 1 aliphatic rings. The van der Waals surface area contributed by atoms with E-state index >= 15 is 0 Å². The number of nitrogens with one attached hydrogen (secondary N) is 2. The summed E-state index contributed by atoms with van der Waals surface area (Å²) in [6.45, 7) is 7.08. The van der Waals surface area contributed by atoms with E-state index in [0.717, 1.165) is 5.56 Å². The van der Waals surface area contributed by atoms with Gasteiger partial charge < -0.3 is 10.5 Å². The molecular weight excluding hydrogens is 296 g/mol. The molecule has 1 heterocycles. The van der Waals surface area contributed by atoms with Crippen molar-refractivity contribution in [3.8, 4) is 0 Å². The van der Waals surface area contributed by atoms with Crippen molar-refractivity contribution in [2.24, 2.45) is 4.99 Å². The monoisotopic (exact) mass is 318 g/mol. The Balaban J connectivity index is 2.25. The van der Waals surface area contributed by atoms with E-state index in [-0.39, 0.29) is 18.3 Å². The van der Waals surface area contributed by atoms with Crippen LogP contribution in [0.4, 0.5) is 10.5 Å². The van der Waals surface area contributed by atoms with Gasteiger partial charge in [-0.1, -0.05) is 12.1 Å². The Morgan fingerprint density at radius 1 is 1.43 bits per heavy atom. The average molecular weight is 318 g/mol. The van der Waals surface area contributed by atoms with Crippen molar-refractivity contribution in [1.29, 1.82) is 0 Å². The van der Waals surface area contributed by atoms with Crippen molar-refractivity contribution in [2.75, 3.05) is 5.73 Å². The SMILES string of the molecule is CC(C)(C)OC(=O)NC1=NC(C)(c2cccc(N)c2)CC(=O)N1. The van der Waals surface area contributed by atoms with Crippen LogP contribution in [0.3, 0.4) is 0 Å². The molecule has 23 heavy (non-hydrogen) atoms. The number of nitrogens with zero attached hydrogens (tertiary/aromatic N) is 1. The highest BCUT2D eigenvalue weighted by molar-refractivity contribution is 6.05. The van der Waals surface area contributed by atoms with Crippen molar-refractivity contribution in [1.82, 2.24) is 10.6 Å². The number of benzene rings is 1. The maximum atomic E-state index is 12.0. The minimum absolute atomic E-state index is 0.0698. The van der Waals surface area contributed by atoms with Crippen molar-refractivity contribution < 1.29 is 14.3 Å². The van der Waals surface area contributed by atoms with Gasteiger partial charge in [-0.05, 0) is 45.4 Å². The molecule has 0 saturated heterocycles. The molecule has 0 saturated carbocycles. The first-order valence-corrected chi connectivity index (χ1v) is 7.33. The van der Waals surface area contributed by atoms with Gasteiger partial charge in [0.05, 0.1) is 12.0 Å². The van der Waals surface area contributed by atoms with E-state index in [1.165, 1.54) is 0 Å². The molecule has 0 aromatic heterocycles. The van der Waals surface area contributed by atoms with Gasteiger partial charge in [0.25, 0.3) is 0 Å². The number of rotatable bonds is 1. The number of carbonyl (C=O) groups excluding carboxylic acids is 2. The molecule has 1 aromatic carbocycles. The number of amides is 2. The zero-order valence-corrected chi connectivity index (χ0v) is 13.8. The predicted octanol–water partition coefficient (Wildman–Crippen LogP) is 1.88. The maximum Gasteiger partial charge on any atom is 0.414 e. The first-order valence-electron chi connectivity index (χ1n) is 7.33. The standard InChI is InChI=1S/C16H22N4O3/c1-15(2,3)23-14(22)19-13-18-12(21)9-16(4,20-13)10-6-5-7-11(17)8-10/h5-8H,9,17H2,1-4H3,(H2,18,19,20,21,22). The fourth-order valence-electron chi connectivity index (χ4n) is 2.30. The molecule has 7 heteroatoms. The fraction of sp³-hybridized carbons (Fsp3) is 0.438. The molecular formula is C16H22N4O3. The third-order valence-corrected chi connectivity index (χ3v) is 3.25. The number of carbonyl (C=O) groups is 2. The van der Waals surface area contributed by atoms with Crippen molar-refractivity contribution in [3.63, 3.8) is 0 Å². The van der Waals surface area contributed by atoms with Gasteiger partial charge in [0.15, 0.2) is 0 Å². The van der Waals surface area contributed by atoms with Gasteiger partial charge in [-0.3, -0.25) is 15.4 Å². The van der Waals surface area contributed by atoms with Crippen LogP contribution in [0.5, 0.6) is 0 Å². The van der Waals surface area contributed by atoms with E-state index in [1.54, 1.807) is 39.0 Å². The van der Waals surface area contributed by atoms with Crippen LogP contribution in [-0.2, 0) is 15.1 Å². The minimum atomic E-state index is -0.804. The molecule has 2 amide bonds. The molecule has 1 unspecified atom stereocenters. The number of nitrogen functional groups attached to an aromatic ring is 1. The highest BCUT2D eigenvalue weighted by Crippen LogP contribution is 2.32. The second kappa shape index (κ2) is 5.91. The maximum absolute atomic E-state index is 12.0. The molecule has 1 aromatic rings. The van der Waals surface area contributed by atoms with Crippen LogP contribution in [0.1, 0.15) is 39.7 Å². The van der Waals surface area contributed by atoms with E-state index in [2.05, 4.69) is 15.6 Å². The van der Waals surface area contributed by atoms with Crippen LogP contribution in [0.2, 0.25) is 0 Å². The number of anilines is 1. The summed E-state index contributed by atoms with van der Waals surface area (Å²) in [6.07, 6.45) is -0.510. The Kier molecular flexibility index (Phi) is 4.31. The van der Waals surface area contributed by atoms with Crippen molar-refractivity contribution in [3.05, 3.63) is 29.8 Å². The molecule has 4 N–H and O–H groups in total. The van der Waals surface area contributed by atoms with Gasteiger partial charge in [-0.25, -0.2) is 9.79 Å². The molecule has 7 nitrogen and oxygen atoms in total. The third kappa shape index (κ3) is 4.45. The summed E-state index contributed by atoms with van der Waals surface area (Å²) < 4.78 is 5.17. The second-order valence-electron chi connectivity index (χ2n) is 6.71. The highest BCUT2D eigenvalue weighted by atomic mass is 16.6. The molecule has 1 aliphatic heterocycles. The third-order valence-electron chi connectivity index (χ3n) is 3.25. The topological polar surface area (TPSA) is 106 Å². The Morgan fingerprint density at radius 3 is 2.74 bits per heavy atom. The first-order chi connectivity index (χ1) is 10.6. The molecule has 124 valence electrons. The second-order valence-corrected chi connectivity index (χ2v) is 6.71. The summed E-state index contributed by atoms with van der Waals surface area (Å²) in [6, 6.07) is 7.19. The fourth-order valence-corrected chi connectivity index (χ4v) is 2.30. The lowest BCUT2D eigenvalue weighted by Crippen LogP contribution is -2.51. The Hall–Kier alpha value is -2.57. The van der Waals surface area contributed by atoms with Crippen molar-refractivity contribution >= 4 is 23.6 Å². The van der Waals surface area contributed by atoms with Crippen LogP contribution in [0, 0.1) is 0 Å². The van der Waals surface area contributed by atoms with Gasteiger partial charge in [0.1, 0.15) is 5.60 Å². The van der Waals surface area contributed by atoms with E-state index < -0.39 is 17.2 Å². The van der Waals surface area contributed by atoms with Crippen LogP contribution < -0.4 is 16.4 Å². The number of aliphatic imine (C=N–C) groups is 1. The summed E-state index contributed by atoms with van der Waals surface area (Å²) in [5, 5.41) is 5.01. The van der Waals surface area contributed by atoms with Gasteiger partial charge in [0.2, 0.25) is 11.9 Å². The smallest absolute Gasteiger partial charge is 0.414 e. The zero-order chi connectivity index (χ0) is 17.3. The summed E-state index contributed by atoms with van der Waals surface area (Å²) in [4.78, 5) is 28.3. The number of hydrogen-bond acceptors (Lipinski definition) is 5. The lowest BCUT2D eigenvalue weighted by molar-refractivity contribution is -0.121. The Morgan fingerprint density at radius 2 is 2.13 bits per heavy atom. The van der Waals surface area contributed by atoms with Gasteiger partial charge in [-0.15, -0.1) is 0 Å². The molecule has 0 aliphatic carbocycles. The molecule has 0 spiro atoms. The molecule has 2 rings (SSSR count). The van der Waals surface area contributed by atoms with Crippen LogP contribution in [-0.4, -0.2) is 23.6 Å². The van der Waals surface area contributed by atoms with Crippen LogP contribution in [0.25, 0.3) is 0 Å². The quantitative estimate of drug-likeness (QED) is 0.687. The van der Waals surface area contributed by atoms with Gasteiger partial charge >= 0.3 is 6.09 Å². The molecule has 0 bridgehead atoms. The summed E-state index contributed by atoms with van der Waals surface area (Å²) in [5.41, 5.74) is 5.75. The normalized spacial score (nSPS) is 21.2. The van der Waals surface area contributed by atoms with E-state index in [0.29, 0.717) is 5.69 Å².